The molecule has 0 spiro atoms. The summed E-state index contributed by atoms with van der Waals surface area (Å²) in [6.07, 6.45) is -4.48. The van der Waals surface area contributed by atoms with E-state index in [0.717, 1.165) is 10.9 Å². The van der Waals surface area contributed by atoms with Crippen molar-refractivity contribution in [2.45, 2.75) is 25.7 Å². The first-order chi connectivity index (χ1) is 13.2. The number of likely N-dealkylation sites (N-methyl/N-ethyl adjacent to an activating group) is 1. The SMILES string of the molecule is CC(C(=O)N(C)Cc1ccccc1C(F)(F)F)n1c(-c2cccs2)n[nH]c1=S. The second-order valence-corrected chi connectivity index (χ2v) is 7.56. The Morgan fingerprint density at radius 3 is 2.68 bits per heavy atom. The first-order valence-corrected chi connectivity index (χ1v) is 9.59. The van der Waals surface area contributed by atoms with E-state index >= 15 is 0 Å². The van der Waals surface area contributed by atoms with E-state index in [4.69, 9.17) is 12.2 Å². The van der Waals surface area contributed by atoms with Crippen LogP contribution in [-0.2, 0) is 17.5 Å². The summed E-state index contributed by atoms with van der Waals surface area (Å²) in [6.45, 7) is 1.48. The number of alkyl halides is 3. The molecule has 0 fully saturated rings. The number of thiophene rings is 1. The number of amides is 1. The van der Waals surface area contributed by atoms with Crippen molar-refractivity contribution in [3.05, 3.63) is 57.7 Å². The van der Waals surface area contributed by atoms with E-state index in [-0.39, 0.29) is 22.8 Å². The van der Waals surface area contributed by atoms with Crippen molar-refractivity contribution in [1.29, 1.82) is 0 Å². The van der Waals surface area contributed by atoms with Gasteiger partial charge in [-0.25, -0.2) is 0 Å². The van der Waals surface area contributed by atoms with Crippen LogP contribution in [0.5, 0.6) is 0 Å². The molecule has 2 heterocycles. The summed E-state index contributed by atoms with van der Waals surface area (Å²) in [7, 11) is 1.47. The van der Waals surface area contributed by atoms with Crippen LogP contribution in [0.2, 0.25) is 0 Å². The van der Waals surface area contributed by atoms with Crippen LogP contribution in [-0.4, -0.2) is 32.6 Å². The minimum atomic E-state index is -4.48. The second kappa shape index (κ2) is 7.88. The third-order valence-corrected chi connectivity index (χ3v) is 5.45. The average molecular weight is 426 g/mol. The summed E-state index contributed by atoms with van der Waals surface area (Å²) in [6, 6.07) is 8.21. The Labute approximate surface area is 168 Å². The predicted molar refractivity (Wildman–Crippen MR) is 103 cm³/mol. The van der Waals surface area contributed by atoms with Crippen molar-refractivity contribution in [3.63, 3.8) is 0 Å². The smallest absolute Gasteiger partial charge is 0.340 e. The number of rotatable bonds is 5. The molecule has 1 amide bonds. The van der Waals surface area contributed by atoms with Crippen LogP contribution in [0.4, 0.5) is 13.2 Å². The lowest BCUT2D eigenvalue weighted by molar-refractivity contribution is -0.140. The molecule has 0 saturated heterocycles. The summed E-state index contributed by atoms with van der Waals surface area (Å²) < 4.78 is 41.5. The van der Waals surface area contributed by atoms with Crippen LogP contribution < -0.4 is 0 Å². The van der Waals surface area contributed by atoms with Gasteiger partial charge in [-0.15, -0.1) is 11.3 Å². The van der Waals surface area contributed by atoms with E-state index in [2.05, 4.69) is 10.2 Å². The molecule has 0 aliphatic heterocycles. The average Bonchev–Trinajstić information content (AvgIpc) is 3.29. The van der Waals surface area contributed by atoms with E-state index in [1.54, 1.807) is 11.5 Å². The summed E-state index contributed by atoms with van der Waals surface area (Å²) in [5, 5.41) is 8.75. The molecule has 0 aliphatic carbocycles. The number of nitrogens with zero attached hydrogens (tertiary/aromatic N) is 3. The highest BCUT2D eigenvalue weighted by Crippen LogP contribution is 2.32. The number of carbonyl (C=O) groups excluding carboxylic acids is 1. The molecule has 10 heteroatoms. The highest BCUT2D eigenvalue weighted by molar-refractivity contribution is 7.71. The van der Waals surface area contributed by atoms with Gasteiger partial charge >= 0.3 is 6.18 Å². The fraction of sp³-hybridized carbons (Fsp3) is 0.278. The highest BCUT2D eigenvalue weighted by Gasteiger charge is 2.33. The van der Waals surface area contributed by atoms with E-state index in [0.29, 0.717) is 5.82 Å². The summed E-state index contributed by atoms with van der Waals surface area (Å²) >= 11 is 6.71. The zero-order valence-electron chi connectivity index (χ0n) is 15.0. The van der Waals surface area contributed by atoms with Gasteiger partial charge in [-0.3, -0.25) is 14.5 Å². The molecular formula is C18H17F3N4OS2. The standard InChI is InChI=1S/C18H17F3N4OS2/c1-11(25-15(22-23-17(25)27)14-8-5-9-28-14)16(26)24(2)10-12-6-3-4-7-13(12)18(19,20)21/h3-9,11H,10H2,1-2H3,(H,23,27). The van der Waals surface area contributed by atoms with E-state index < -0.39 is 17.8 Å². The van der Waals surface area contributed by atoms with Gasteiger partial charge in [0.15, 0.2) is 10.6 Å². The highest BCUT2D eigenvalue weighted by atomic mass is 32.1. The molecule has 1 N–H and O–H groups in total. The third kappa shape index (κ3) is 4.02. The zero-order valence-corrected chi connectivity index (χ0v) is 16.7. The molecular weight excluding hydrogens is 409 g/mol. The number of aromatic amines is 1. The van der Waals surface area contributed by atoms with Crippen molar-refractivity contribution < 1.29 is 18.0 Å². The lowest BCUT2D eigenvalue weighted by Gasteiger charge is -2.24. The number of aromatic nitrogens is 3. The number of benzene rings is 1. The molecule has 1 atom stereocenters. The molecule has 0 bridgehead atoms. The summed E-state index contributed by atoms with van der Waals surface area (Å²) in [4.78, 5) is 15.0. The van der Waals surface area contributed by atoms with E-state index in [1.807, 2.05) is 17.5 Å². The van der Waals surface area contributed by atoms with Crippen LogP contribution in [0.15, 0.2) is 41.8 Å². The van der Waals surface area contributed by atoms with Crippen LogP contribution >= 0.6 is 23.6 Å². The minimum absolute atomic E-state index is 0.0346. The Kier molecular flexibility index (Phi) is 5.71. The third-order valence-electron chi connectivity index (χ3n) is 4.30. The quantitative estimate of drug-likeness (QED) is 0.590. The van der Waals surface area contributed by atoms with Gasteiger partial charge in [0.25, 0.3) is 0 Å². The topological polar surface area (TPSA) is 53.9 Å². The number of carbonyl (C=O) groups is 1. The number of hydrogen-bond donors (Lipinski definition) is 1. The maximum atomic E-state index is 13.2. The first-order valence-electron chi connectivity index (χ1n) is 8.31. The van der Waals surface area contributed by atoms with Gasteiger partial charge in [-0.1, -0.05) is 24.3 Å². The van der Waals surface area contributed by atoms with Gasteiger partial charge in [0.2, 0.25) is 5.91 Å². The van der Waals surface area contributed by atoms with Crippen molar-refractivity contribution in [2.24, 2.45) is 0 Å². The lowest BCUT2D eigenvalue weighted by atomic mass is 10.1. The first kappa shape index (κ1) is 20.3. The molecule has 1 aromatic carbocycles. The van der Waals surface area contributed by atoms with Crippen LogP contribution in [0.3, 0.4) is 0 Å². The fourth-order valence-corrected chi connectivity index (χ4v) is 3.94. The van der Waals surface area contributed by atoms with Gasteiger partial charge in [-0.2, -0.15) is 18.3 Å². The molecule has 3 rings (SSSR count). The zero-order chi connectivity index (χ0) is 20.5. The van der Waals surface area contributed by atoms with Crippen LogP contribution in [0.25, 0.3) is 10.7 Å². The Morgan fingerprint density at radius 2 is 2.04 bits per heavy atom. The molecule has 3 aromatic rings. The van der Waals surface area contributed by atoms with Gasteiger partial charge < -0.3 is 4.90 Å². The molecule has 0 radical (unpaired) electrons. The molecule has 148 valence electrons. The number of H-pyrrole nitrogens is 1. The van der Waals surface area contributed by atoms with Gasteiger partial charge in [0.1, 0.15) is 6.04 Å². The monoisotopic (exact) mass is 426 g/mol. The predicted octanol–water partition coefficient (Wildman–Crippen LogP) is 4.91. The summed E-state index contributed by atoms with van der Waals surface area (Å²) in [5.41, 5.74) is -0.714. The summed E-state index contributed by atoms with van der Waals surface area (Å²) in [5.74, 6) is 0.150. The normalized spacial score (nSPS) is 12.8. The second-order valence-electron chi connectivity index (χ2n) is 6.22. The van der Waals surface area contributed by atoms with Gasteiger partial charge in [-0.05, 0) is 42.2 Å². The fourth-order valence-electron chi connectivity index (χ4n) is 2.94. The van der Waals surface area contributed by atoms with Gasteiger partial charge in [0.05, 0.1) is 10.4 Å². The molecule has 5 nitrogen and oxygen atoms in total. The Morgan fingerprint density at radius 1 is 1.32 bits per heavy atom. The van der Waals surface area contributed by atoms with E-state index in [1.165, 1.54) is 41.5 Å². The number of hydrogen-bond acceptors (Lipinski definition) is 4. The molecule has 28 heavy (non-hydrogen) atoms. The van der Waals surface area contributed by atoms with Crippen molar-refractivity contribution in [1.82, 2.24) is 19.7 Å². The molecule has 2 aromatic heterocycles. The number of halogens is 3. The van der Waals surface area contributed by atoms with Crippen LogP contribution in [0, 0.1) is 4.77 Å². The van der Waals surface area contributed by atoms with Crippen molar-refractivity contribution in [3.8, 4) is 10.7 Å². The minimum Gasteiger partial charge on any atom is -0.340 e. The maximum absolute atomic E-state index is 13.2. The van der Waals surface area contributed by atoms with E-state index in [9.17, 15) is 18.0 Å². The Bertz CT molecular complexity index is 1020. The number of nitrogens with one attached hydrogen (secondary N) is 1. The maximum Gasteiger partial charge on any atom is 0.416 e. The largest absolute Gasteiger partial charge is 0.416 e. The van der Waals surface area contributed by atoms with Gasteiger partial charge in [0, 0.05) is 13.6 Å². The molecule has 1 unspecified atom stereocenters. The van der Waals surface area contributed by atoms with Crippen LogP contribution in [0.1, 0.15) is 24.1 Å². The Balaban J connectivity index is 1.86. The Hall–Kier alpha value is -2.46. The lowest BCUT2D eigenvalue weighted by Crippen LogP contribution is -2.33. The van der Waals surface area contributed by atoms with Crippen molar-refractivity contribution >= 4 is 29.5 Å². The van der Waals surface area contributed by atoms with Crippen molar-refractivity contribution in [2.75, 3.05) is 7.05 Å². The molecule has 0 saturated carbocycles. The molecule has 0 aliphatic rings.